The van der Waals surface area contributed by atoms with Crippen LogP contribution in [0.15, 0.2) is 29.3 Å². The molecule has 1 fully saturated rings. The van der Waals surface area contributed by atoms with Crippen LogP contribution in [-0.4, -0.2) is 248 Å². The van der Waals surface area contributed by atoms with Crippen LogP contribution in [0.25, 0.3) is 0 Å². The molecule has 1 saturated heterocycles. The van der Waals surface area contributed by atoms with Crippen molar-refractivity contribution >= 4 is 120 Å². The van der Waals surface area contributed by atoms with Gasteiger partial charge in [-0.1, -0.05) is 67.5 Å². The molecule has 0 spiro atoms. The largest absolute Gasteiger partial charge is 0.508 e. The third-order valence-corrected chi connectivity index (χ3v) is 16.8. The van der Waals surface area contributed by atoms with Crippen molar-refractivity contribution in [1.82, 2.24) is 68.7 Å². The summed E-state index contributed by atoms with van der Waals surface area (Å²) in [5.74, 6) is -17.2. The van der Waals surface area contributed by atoms with Crippen LogP contribution in [0.2, 0.25) is 0 Å². The maximum atomic E-state index is 14.6. The lowest BCUT2D eigenvalue weighted by Gasteiger charge is -2.30. The van der Waals surface area contributed by atoms with Gasteiger partial charge >= 0.3 is 11.9 Å². The first-order chi connectivity index (χ1) is 48.3. The molecule has 0 aliphatic carbocycles. The number of guanidine groups is 1. The van der Waals surface area contributed by atoms with E-state index in [9.17, 15) is 97.5 Å². The Balaban J connectivity index is 2.31. The predicted octanol–water partition coefficient (Wildman–Crippen LogP) is -6.03. The molecule has 0 radical (unpaired) electrons. The van der Waals surface area contributed by atoms with Gasteiger partial charge in [-0.2, -0.15) is 25.3 Å². The third kappa shape index (κ3) is 31.6. The highest BCUT2D eigenvalue weighted by atomic mass is 32.1. The number of benzene rings is 1. The fraction of sp³-hybridized carbons (Fsp3) is 0.656. The zero-order valence-corrected chi connectivity index (χ0v) is 61.1. The normalized spacial score (nSPS) is 16.2. The Labute approximate surface area is 608 Å². The van der Waals surface area contributed by atoms with Crippen molar-refractivity contribution in [3.05, 3.63) is 29.8 Å². The Morgan fingerprint density at radius 3 is 1.47 bits per heavy atom. The molecule has 1 aliphatic heterocycles. The number of carboxylic acids is 2. The first-order valence-corrected chi connectivity index (χ1v) is 34.9. The van der Waals surface area contributed by atoms with E-state index in [1.807, 2.05) is 0 Å². The number of nitrogens with two attached hydrogens (primary N) is 3. The molecule has 0 aromatic heterocycles. The summed E-state index contributed by atoms with van der Waals surface area (Å²) in [6.45, 7) is 11.7. The number of rotatable bonds is 45. The highest BCUT2D eigenvalue weighted by Gasteiger charge is 2.41. The third-order valence-electron chi connectivity index (χ3n) is 16.0. The summed E-state index contributed by atoms with van der Waals surface area (Å²) in [7, 11) is 0. The van der Waals surface area contributed by atoms with Crippen LogP contribution in [-0.2, 0) is 78.3 Å². The van der Waals surface area contributed by atoms with E-state index in [2.05, 4.69) is 94.1 Å². The van der Waals surface area contributed by atoms with Gasteiger partial charge in [-0.05, 0) is 93.2 Å². The van der Waals surface area contributed by atoms with Crippen LogP contribution in [0.3, 0.4) is 0 Å². The van der Waals surface area contributed by atoms with Crippen molar-refractivity contribution in [2.24, 2.45) is 45.9 Å². The molecule has 578 valence electrons. The molecular weight excluding hydrogens is 1390 g/mol. The zero-order chi connectivity index (χ0) is 78.1. The SMILES string of the molecule is CC(C)C[C@H](NC(=O)CNC(=O)[C@@H]1CCCN1C(=O)[C@H](Cc1ccc(O)cc1)NC(=O)[C@H](C)NC(=O)[C@H](CCC(=O)O)NC(=O)[C@@H](NC(=O)[C@H](CC(C)C)NC(=O)[C@@H](N)CS)C(C)C)C(=O)N[C@@H](CO)C(=O)N[C@H](C(=O)N[C@@H](CCCN=C(N)N)C(=O)N[C@@H](CO)C(=O)N[C@@H](CS)C(=O)O)C(C)C. The number of aliphatic imine (C=N–C) groups is 1. The Morgan fingerprint density at radius 1 is 0.544 bits per heavy atom. The minimum Gasteiger partial charge on any atom is -0.508 e. The van der Waals surface area contributed by atoms with Crippen molar-refractivity contribution in [2.45, 2.75) is 199 Å². The Bertz CT molecular complexity index is 3120. The molecule has 1 aliphatic rings. The summed E-state index contributed by atoms with van der Waals surface area (Å²) < 4.78 is 0. The molecule has 1 aromatic carbocycles. The van der Waals surface area contributed by atoms with Gasteiger partial charge in [-0.25, -0.2) is 4.79 Å². The number of thiol groups is 2. The molecule has 1 heterocycles. The Morgan fingerprint density at radius 2 is 0.990 bits per heavy atom. The number of aliphatic hydroxyl groups is 2. The second-order valence-corrected chi connectivity index (χ2v) is 27.1. The number of nitrogens with zero attached hydrogens (tertiary/aromatic N) is 2. The zero-order valence-electron chi connectivity index (χ0n) is 59.3. The number of likely N-dealkylation sites (tertiary alicyclic amines) is 1. The average Bonchev–Trinajstić information content (AvgIpc) is 1.77. The minimum absolute atomic E-state index is 0.0146. The molecule has 2 rings (SSSR count). The molecule has 37 nitrogen and oxygen atoms in total. The lowest BCUT2D eigenvalue weighted by Crippen LogP contribution is -2.61. The van der Waals surface area contributed by atoms with E-state index in [1.54, 1.807) is 41.5 Å². The van der Waals surface area contributed by atoms with Crippen molar-refractivity contribution in [3.63, 3.8) is 0 Å². The number of hydrogen-bond donors (Lipinski definition) is 22. The van der Waals surface area contributed by atoms with Gasteiger partial charge in [0, 0.05) is 37.4 Å². The molecule has 0 saturated carbocycles. The molecule has 0 unspecified atom stereocenters. The Hall–Kier alpha value is -9.08. The molecule has 13 amide bonds. The van der Waals surface area contributed by atoms with Crippen LogP contribution in [0.4, 0.5) is 0 Å². The van der Waals surface area contributed by atoms with Gasteiger partial charge in [0.15, 0.2) is 5.96 Å². The number of carbonyl (C=O) groups is 15. The van der Waals surface area contributed by atoms with Gasteiger partial charge < -0.3 is 111 Å². The van der Waals surface area contributed by atoms with Crippen LogP contribution in [0.1, 0.15) is 119 Å². The van der Waals surface area contributed by atoms with Crippen molar-refractivity contribution in [2.75, 3.05) is 44.4 Å². The molecule has 1 aromatic rings. The second kappa shape index (κ2) is 45.1. The van der Waals surface area contributed by atoms with Crippen LogP contribution >= 0.6 is 25.3 Å². The van der Waals surface area contributed by atoms with Gasteiger partial charge in [0.05, 0.1) is 25.8 Å². The summed E-state index contributed by atoms with van der Waals surface area (Å²) >= 11 is 7.92. The minimum atomic E-state index is -1.76. The van der Waals surface area contributed by atoms with E-state index in [-0.39, 0.29) is 93.1 Å². The van der Waals surface area contributed by atoms with Gasteiger partial charge in [0.1, 0.15) is 78.3 Å². The van der Waals surface area contributed by atoms with Crippen molar-refractivity contribution in [1.29, 1.82) is 0 Å². The lowest BCUT2D eigenvalue weighted by atomic mass is 9.99. The molecule has 103 heavy (non-hydrogen) atoms. The monoisotopic (exact) mass is 1500 g/mol. The number of carboxylic acid groups (broad SMARTS) is 2. The molecule has 39 heteroatoms. The fourth-order valence-corrected chi connectivity index (χ4v) is 10.8. The topological polar surface area (TPSA) is 595 Å². The summed E-state index contributed by atoms with van der Waals surface area (Å²) in [6.07, 6.45) is -1.01. The second-order valence-electron chi connectivity index (χ2n) is 26.3. The molecule has 23 N–H and O–H groups in total. The van der Waals surface area contributed by atoms with Gasteiger partial charge in [-0.15, -0.1) is 0 Å². The molecular formula is C64H105N17O20S2. The van der Waals surface area contributed by atoms with Crippen LogP contribution in [0, 0.1) is 23.7 Å². The standard InChI is InChI=1S/C64H105N17O20S2/c1-30(2)22-40(55(92)77-44(27-83)58(95)80-50(33(7)8)60(97)72-38(12-10-20-68-64(66)67)54(91)76-43(26-82)57(94)78-45(29-103)63(100)101)71-47(85)25-69-59(96)46-13-11-21-81(46)62(99)42(24-35-14-16-36(84)17-15-35)75-51(88)34(9)70-53(90)39(18-19-48(86)87)73-61(98)49(32(5)6)79-56(93)41(23-31(3)4)74-52(89)37(65)28-102/h14-17,30-34,37-46,49-50,82-84,102-103H,10-13,18-29,65H2,1-9H3,(H,69,96)(H,70,90)(H,71,85)(H,72,97)(H,73,98)(H,74,89)(H,75,88)(H,76,91)(H,77,92)(H,78,94)(H,79,93)(H,80,95)(H,86,87)(H,100,101)(H4,66,67,68)/t34-,37-,38-,39-,40-,41-,42-,43-,44-,45-,46-,49-,50-/m0/s1. The van der Waals surface area contributed by atoms with E-state index in [0.29, 0.717) is 5.56 Å². The quantitative estimate of drug-likeness (QED) is 0.0125. The lowest BCUT2D eigenvalue weighted by molar-refractivity contribution is -0.142. The average molecular weight is 1500 g/mol. The van der Waals surface area contributed by atoms with E-state index in [0.717, 1.165) is 0 Å². The van der Waals surface area contributed by atoms with Gasteiger partial charge in [0.2, 0.25) is 76.8 Å². The fourth-order valence-electron chi connectivity index (χ4n) is 10.3. The smallest absolute Gasteiger partial charge is 0.327 e. The maximum Gasteiger partial charge on any atom is 0.327 e. The summed E-state index contributed by atoms with van der Waals surface area (Å²) in [4.78, 5) is 207. The first-order valence-electron chi connectivity index (χ1n) is 33.7. The highest BCUT2D eigenvalue weighted by Crippen LogP contribution is 2.21. The number of carbonyl (C=O) groups excluding carboxylic acids is 13. The highest BCUT2D eigenvalue weighted by molar-refractivity contribution is 7.80. The number of nitrogens with one attached hydrogen (secondary N) is 12. The number of hydrogen-bond acceptors (Lipinski definition) is 22. The first kappa shape index (κ1) is 90.0. The van der Waals surface area contributed by atoms with Crippen molar-refractivity contribution in [3.8, 4) is 5.75 Å². The van der Waals surface area contributed by atoms with E-state index >= 15 is 0 Å². The summed E-state index contributed by atoms with van der Waals surface area (Å²) in [5.41, 5.74) is 17.1. The van der Waals surface area contributed by atoms with E-state index in [4.69, 9.17) is 17.2 Å². The molecule has 13 atom stereocenters. The molecule has 0 bridgehead atoms. The maximum absolute atomic E-state index is 14.6. The number of aromatic hydroxyl groups is 1. The summed E-state index contributed by atoms with van der Waals surface area (Å²) in [5, 5.41) is 78.7. The van der Waals surface area contributed by atoms with E-state index < -0.39 is 212 Å². The van der Waals surface area contributed by atoms with Crippen LogP contribution < -0.4 is 81.0 Å². The number of phenols is 1. The van der Waals surface area contributed by atoms with Crippen molar-refractivity contribution < 1.29 is 97.5 Å². The van der Waals surface area contributed by atoms with Crippen LogP contribution in [0.5, 0.6) is 5.75 Å². The number of phenolic OH excluding ortho intramolecular Hbond substituents is 1. The summed E-state index contributed by atoms with van der Waals surface area (Å²) in [6, 6.07) is -13.0. The number of amides is 13. The van der Waals surface area contributed by atoms with Gasteiger partial charge in [-0.3, -0.25) is 72.1 Å². The number of aliphatic carboxylic acids is 2. The Kier molecular flexibility index (Phi) is 39.4. The van der Waals surface area contributed by atoms with Gasteiger partial charge in [0.25, 0.3) is 0 Å². The number of aliphatic hydroxyl groups excluding tert-OH is 2. The van der Waals surface area contributed by atoms with E-state index in [1.165, 1.54) is 49.9 Å². The predicted molar refractivity (Wildman–Crippen MR) is 379 cm³/mol.